The van der Waals surface area contributed by atoms with E-state index < -0.39 is 10.0 Å². The van der Waals surface area contributed by atoms with Gasteiger partial charge in [0.05, 0.1) is 0 Å². The van der Waals surface area contributed by atoms with Crippen LogP contribution in [0.15, 0.2) is 9.31 Å². The second-order valence-electron chi connectivity index (χ2n) is 5.13. The standard InChI is InChI=1S/C14H26N2O3S2/c1-7-15-8-13-11(3)19-12(4)14(13)21(17,18)16(5)10(2)9-20-6/h10,15H,7-9H2,1-6H3. The zero-order chi connectivity index (χ0) is 16.2. The molecule has 0 fully saturated rings. The molecule has 1 rings (SSSR count). The van der Waals surface area contributed by atoms with Gasteiger partial charge in [0, 0.05) is 31.0 Å². The van der Waals surface area contributed by atoms with E-state index in [1.54, 1.807) is 25.7 Å². The first-order chi connectivity index (χ1) is 9.77. The highest BCUT2D eigenvalue weighted by molar-refractivity contribution is 7.98. The maximum Gasteiger partial charge on any atom is 0.246 e. The summed E-state index contributed by atoms with van der Waals surface area (Å²) >= 11 is 1.63. The number of furan rings is 1. The Balaban J connectivity index is 3.24. The van der Waals surface area contributed by atoms with Crippen LogP contribution < -0.4 is 5.32 Å². The lowest BCUT2D eigenvalue weighted by Crippen LogP contribution is -2.37. The van der Waals surface area contributed by atoms with Crippen LogP contribution in [0.2, 0.25) is 0 Å². The van der Waals surface area contributed by atoms with Crippen LogP contribution in [0.1, 0.15) is 30.9 Å². The molecule has 0 aromatic carbocycles. The summed E-state index contributed by atoms with van der Waals surface area (Å²) in [5.74, 6) is 1.88. The van der Waals surface area contributed by atoms with Gasteiger partial charge in [0.1, 0.15) is 16.4 Å². The fourth-order valence-electron chi connectivity index (χ4n) is 2.23. The minimum atomic E-state index is -3.55. The van der Waals surface area contributed by atoms with Crippen LogP contribution in [0.4, 0.5) is 0 Å². The monoisotopic (exact) mass is 334 g/mol. The number of nitrogens with zero attached hydrogens (tertiary/aromatic N) is 1. The highest BCUT2D eigenvalue weighted by atomic mass is 32.2. The van der Waals surface area contributed by atoms with Crippen LogP contribution in [0.5, 0.6) is 0 Å². The van der Waals surface area contributed by atoms with Crippen molar-refractivity contribution >= 4 is 21.8 Å². The smallest absolute Gasteiger partial charge is 0.246 e. The minimum absolute atomic E-state index is 0.0633. The van der Waals surface area contributed by atoms with Gasteiger partial charge in [0.2, 0.25) is 10.0 Å². The summed E-state index contributed by atoms with van der Waals surface area (Å²) in [6.07, 6.45) is 1.97. The van der Waals surface area contributed by atoms with Crippen molar-refractivity contribution in [1.82, 2.24) is 9.62 Å². The van der Waals surface area contributed by atoms with Crippen LogP contribution in [-0.2, 0) is 16.6 Å². The Morgan fingerprint density at radius 1 is 1.33 bits per heavy atom. The summed E-state index contributed by atoms with van der Waals surface area (Å²) in [5, 5.41) is 3.18. The number of thioether (sulfide) groups is 1. The zero-order valence-corrected chi connectivity index (χ0v) is 15.3. The molecule has 0 aliphatic carbocycles. The second-order valence-corrected chi connectivity index (χ2v) is 7.97. The van der Waals surface area contributed by atoms with Crippen LogP contribution in [0.3, 0.4) is 0 Å². The predicted octanol–water partition coefficient (Wildman–Crippen LogP) is 2.38. The first-order valence-corrected chi connectivity index (χ1v) is 9.87. The van der Waals surface area contributed by atoms with Gasteiger partial charge >= 0.3 is 0 Å². The number of nitrogens with one attached hydrogen (secondary N) is 1. The molecule has 0 saturated carbocycles. The Morgan fingerprint density at radius 2 is 1.95 bits per heavy atom. The molecule has 1 atom stereocenters. The lowest BCUT2D eigenvalue weighted by atomic mass is 10.2. The molecule has 7 heteroatoms. The molecular formula is C14H26N2O3S2. The molecule has 0 radical (unpaired) electrons. The van der Waals surface area contributed by atoms with Crippen molar-refractivity contribution < 1.29 is 12.8 Å². The van der Waals surface area contributed by atoms with E-state index >= 15 is 0 Å². The topological polar surface area (TPSA) is 62.6 Å². The Hall–Kier alpha value is -0.500. The molecule has 0 spiro atoms. The molecule has 1 unspecified atom stereocenters. The number of sulfonamides is 1. The van der Waals surface area contributed by atoms with Gasteiger partial charge in [-0.25, -0.2) is 8.42 Å². The second kappa shape index (κ2) is 7.67. The van der Waals surface area contributed by atoms with Crippen molar-refractivity contribution in [3.05, 3.63) is 17.1 Å². The highest BCUT2D eigenvalue weighted by Crippen LogP contribution is 2.29. The van der Waals surface area contributed by atoms with Crippen molar-refractivity contribution in [2.24, 2.45) is 0 Å². The van der Waals surface area contributed by atoms with Crippen molar-refractivity contribution in [3.63, 3.8) is 0 Å². The quantitative estimate of drug-likeness (QED) is 0.791. The molecule has 0 saturated heterocycles. The third kappa shape index (κ3) is 4.03. The van der Waals surface area contributed by atoms with Crippen molar-refractivity contribution in [2.75, 3.05) is 25.6 Å². The molecule has 0 aliphatic rings. The molecule has 1 aromatic heterocycles. The third-order valence-corrected chi connectivity index (χ3v) is 6.53. The van der Waals surface area contributed by atoms with Crippen LogP contribution in [0, 0.1) is 13.8 Å². The summed E-state index contributed by atoms with van der Waals surface area (Å²) < 4.78 is 32.8. The van der Waals surface area contributed by atoms with Gasteiger partial charge in [-0.2, -0.15) is 16.1 Å². The summed E-state index contributed by atoms with van der Waals surface area (Å²) in [4.78, 5) is 0.316. The SMILES string of the molecule is CCNCc1c(C)oc(C)c1S(=O)(=O)N(C)C(C)CSC. The van der Waals surface area contributed by atoms with E-state index in [9.17, 15) is 8.42 Å². The maximum atomic E-state index is 12.9. The Morgan fingerprint density at radius 3 is 2.48 bits per heavy atom. The predicted molar refractivity (Wildman–Crippen MR) is 88.4 cm³/mol. The average Bonchev–Trinajstić information content (AvgIpc) is 2.70. The maximum absolute atomic E-state index is 12.9. The van der Waals surface area contributed by atoms with Crippen LogP contribution >= 0.6 is 11.8 Å². The fraction of sp³-hybridized carbons (Fsp3) is 0.714. The van der Waals surface area contributed by atoms with E-state index in [0.717, 1.165) is 17.9 Å². The minimum Gasteiger partial charge on any atom is -0.465 e. The lowest BCUT2D eigenvalue weighted by Gasteiger charge is -2.24. The Labute approximate surface area is 132 Å². The molecule has 0 amide bonds. The number of hydrogen-bond acceptors (Lipinski definition) is 5. The van der Waals surface area contributed by atoms with Gasteiger partial charge in [-0.05, 0) is 33.6 Å². The molecule has 5 nitrogen and oxygen atoms in total. The van der Waals surface area contributed by atoms with E-state index in [4.69, 9.17) is 4.42 Å². The number of aryl methyl sites for hydroxylation is 2. The van der Waals surface area contributed by atoms with Gasteiger partial charge in [-0.1, -0.05) is 6.92 Å². The number of hydrogen-bond donors (Lipinski definition) is 1. The molecule has 0 bridgehead atoms. The summed E-state index contributed by atoms with van der Waals surface area (Å²) in [7, 11) is -1.91. The van der Waals surface area contributed by atoms with Crippen molar-refractivity contribution in [2.45, 2.75) is 45.2 Å². The summed E-state index contributed by atoms with van der Waals surface area (Å²) in [6, 6.07) is -0.0633. The molecular weight excluding hydrogens is 308 g/mol. The van der Waals surface area contributed by atoms with E-state index in [-0.39, 0.29) is 6.04 Å². The first kappa shape index (κ1) is 18.5. The van der Waals surface area contributed by atoms with E-state index in [2.05, 4.69) is 5.32 Å². The van der Waals surface area contributed by atoms with E-state index in [1.807, 2.05) is 27.0 Å². The first-order valence-electron chi connectivity index (χ1n) is 7.03. The van der Waals surface area contributed by atoms with E-state index in [0.29, 0.717) is 23.0 Å². The van der Waals surface area contributed by atoms with Crippen LogP contribution in [-0.4, -0.2) is 44.4 Å². The summed E-state index contributed by atoms with van der Waals surface area (Å²) in [6.45, 7) is 8.71. The summed E-state index contributed by atoms with van der Waals surface area (Å²) in [5.41, 5.74) is 0.734. The van der Waals surface area contributed by atoms with Gasteiger partial charge in [-0.15, -0.1) is 0 Å². The highest BCUT2D eigenvalue weighted by Gasteiger charge is 2.32. The Bertz CT molecular complexity index is 567. The number of rotatable bonds is 8. The fourth-order valence-corrected chi connectivity index (χ4v) is 4.80. The van der Waals surface area contributed by atoms with Gasteiger partial charge in [0.25, 0.3) is 0 Å². The van der Waals surface area contributed by atoms with Crippen LogP contribution in [0.25, 0.3) is 0 Å². The molecule has 1 aromatic rings. The largest absolute Gasteiger partial charge is 0.465 e. The van der Waals surface area contributed by atoms with Gasteiger partial charge in [0.15, 0.2) is 0 Å². The third-order valence-electron chi connectivity index (χ3n) is 3.54. The van der Waals surface area contributed by atoms with E-state index in [1.165, 1.54) is 4.31 Å². The molecule has 1 N–H and O–H groups in total. The zero-order valence-electron chi connectivity index (χ0n) is 13.7. The van der Waals surface area contributed by atoms with Gasteiger partial charge < -0.3 is 9.73 Å². The Kier molecular flexibility index (Phi) is 6.77. The normalized spacial score (nSPS) is 13.9. The molecule has 122 valence electrons. The van der Waals surface area contributed by atoms with Crippen molar-refractivity contribution in [3.8, 4) is 0 Å². The van der Waals surface area contributed by atoms with Gasteiger partial charge in [-0.3, -0.25) is 0 Å². The lowest BCUT2D eigenvalue weighted by molar-refractivity contribution is 0.412. The molecule has 0 aliphatic heterocycles. The van der Waals surface area contributed by atoms with Crippen molar-refractivity contribution in [1.29, 1.82) is 0 Å². The molecule has 21 heavy (non-hydrogen) atoms. The average molecular weight is 335 g/mol. The molecule has 1 heterocycles.